The number of fused-ring (bicyclic) bond motifs is 2. The van der Waals surface area contributed by atoms with Gasteiger partial charge in [0.15, 0.2) is 0 Å². The van der Waals surface area contributed by atoms with E-state index in [2.05, 4.69) is 26.1 Å². The molecule has 2 saturated heterocycles. The Bertz CT molecular complexity index is 258. The van der Waals surface area contributed by atoms with Gasteiger partial charge in [-0.2, -0.15) is 0 Å². The molecule has 0 saturated carbocycles. The third kappa shape index (κ3) is 3.05. The minimum atomic E-state index is 0.119. The van der Waals surface area contributed by atoms with Crippen LogP contribution in [0.4, 0.5) is 0 Å². The van der Waals surface area contributed by atoms with E-state index >= 15 is 0 Å². The minimum Gasteiger partial charge on any atom is -0.378 e. The Morgan fingerprint density at radius 1 is 1.25 bits per heavy atom. The fourth-order valence-electron chi connectivity index (χ4n) is 2.77. The standard InChI is InChI=1S/C13H23NO2/c1-13(2,3)6-12(15)9-4-10-7-16-8-11(5-9)14-10/h9-11,14H,4-8H2,1-3H3. The second-order valence-electron chi connectivity index (χ2n) is 6.47. The lowest BCUT2D eigenvalue weighted by Crippen LogP contribution is -2.55. The number of hydrogen-bond acceptors (Lipinski definition) is 3. The van der Waals surface area contributed by atoms with Crippen LogP contribution in [0.25, 0.3) is 0 Å². The normalized spacial score (nSPS) is 34.8. The van der Waals surface area contributed by atoms with Crippen LogP contribution in [0.15, 0.2) is 0 Å². The van der Waals surface area contributed by atoms with E-state index in [-0.39, 0.29) is 11.3 Å². The van der Waals surface area contributed by atoms with Gasteiger partial charge in [0.2, 0.25) is 0 Å². The predicted octanol–water partition coefficient (Wildman–Crippen LogP) is 1.76. The number of ether oxygens (including phenoxy) is 1. The molecule has 92 valence electrons. The van der Waals surface area contributed by atoms with Crippen molar-refractivity contribution < 1.29 is 9.53 Å². The average molecular weight is 225 g/mol. The molecule has 2 bridgehead atoms. The first-order valence-electron chi connectivity index (χ1n) is 6.30. The maximum atomic E-state index is 12.2. The van der Waals surface area contributed by atoms with Crippen LogP contribution in [0.1, 0.15) is 40.0 Å². The van der Waals surface area contributed by atoms with Gasteiger partial charge in [0.05, 0.1) is 13.2 Å². The van der Waals surface area contributed by atoms with Gasteiger partial charge >= 0.3 is 0 Å². The van der Waals surface area contributed by atoms with Crippen molar-refractivity contribution in [2.75, 3.05) is 13.2 Å². The zero-order valence-electron chi connectivity index (χ0n) is 10.6. The fourth-order valence-corrected chi connectivity index (χ4v) is 2.77. The highest BCUT2D eigenvalue weighted by Crippen LogP contribution is 2.29. The first-order chi connectivity index (χ1) is 7.44. The van der Waals surface area contributed by atoms with Gasteiger partial charge in [0.25, 0.3) is 0 Å². The molecule has 0 aromatic rings. The molecule has 0 radical (unpaired) electrons. The van der Waals surface area contributed by atoms with Crippen LogP contribution < -0.4 is 5.32 Å². The maximum absolute atomic E-state index is 12.2. The number of ketones is 1. The van der Waals surface area contributed by atoms with E-state index in [1.54, 1.807) is 0 Å². The molecule has 0 aromatic heterocycles. The van der Waals surface area contributed by atoms with Crippen LogP contribution in [-0.4, -0.2) is 31.1 Å². The SMILES string of the molecule is CC(C)(C)CC(=O)C1CC2COCC(C1)N2. The van der Waals surface area contributed by atoms with Crippen molar-refractivity contribution in [3.8, 4) is 0 Å². The van der Waals surface area contributed by atoms with Crippen LogP contribution >= 0.6 is 0 Å². The average Bonchev–Trinajstić information content (AvgIpc) is 2.14. The Kier molecular flexibility index (Phi) is 3.36. The molecule has 16 heavy (non-hydrogen) atoms. The molecule has 2 unspecified atom stereocenters. The van der Waals surface area contributed by atoms with Crippen molar-refractivity contribution >= 4 is 5.78 Å². The summed E-state index contributed by atoms with van der Waals surface area (Å²) in [6.45, 7) is 7.95. The Labute approximate surface area is 97.9 Å². The Hall–Kier alpha value is -0.410. The molecule has 2 heterocycles. The topological polar surface area (TPSA) is 38.3 Å². The monoisotopic (exact) mass is 225 g/mol. The highest BCUT2D eigenvalue weighted by atomic mass is 16.5. The van der Waals surface area contributed by atoms with Crippen molar-refractivity contribution in [2.24, 2.45) is 11.3 Å². The van der Waals surface area contributed by atoms with Crippen LogP contribution in [0.2, 0.25) is 0 Å². The summed E-state index contributed by atoms with van der Waals surface area (Å²) < 4.78 is 5.49. The van der Waals surface area contributed by atoms with Crippen molar-refractivity contribution in [1.29, 1.82) is 0 Å². The smallest absolute Gasteiger partial charge is 0.136 e. The predicted molar refractivity (Wildman–Crippen MR) is 63.3 cm³/mol. The summed E-state index contributed by atoms with van der Waals surface area (Å²) in [6, 6.07) is 0.808. The summed E-state index contributed by atoms with van der Waals surface area (Å²) in [5.41, 5.74) is 0.119. The molecule has 2 aliphatic heterocycles. The zero-order chi connectivity index (χ0) is 11.8. The van der Waals surface area contributed by atoms with E-state index in [0.717, 1.165) is 26.1 Å². The number of morpholine rings is 1. The summed E-state index contributed by atoms with van der Waals surface area (Å²) in [4.78, 5) is 12.2. The van der Waals surface area contributed by atoms with Gasteiger partial charge in [0.1, 0.15) is 5.78 Å². The maximum Gasteiger partial charge on any atom is 0.136 e. The second-order valence-corrected chi connectivity index (χ2v) is 6.47. The van der Waals surface area contributed by atoms with Gasteiger partial charge in [-0.05, 0) is 18.3 Å². The number of hydrogen-bond donors (Lipinski definition) is 1. The van der Waals surface area contributed by atoms with Gasteiger partial charge in [-0.25, -0.2) is 0 Å². The molecule has 0 aliphatic carbocycles. The van der Waals surface area contributed by atoms with E-state index in [1.165, 1.54) is 0 Å². The molecule has 2 fully saturated rings. The molecule has 0 spiro atoms. The second kappa shape index (κ2) is 4.46. The van der Waals surface area contributed by atoms with Gasteiger partial charge < -0.3 is 10.1 Å². The summed E-state index contributed by atoms with van der Waals surface area (Å²) in [5.74, 6) is 0.713. The molecule has 3 heteroatoms. The van der Waals surface area contributed by atoms with E-state index in [1.807, 2.05) is 0 Å². The molecule has 1 N–H and O–H groups in total. The third-order valence-electron chi connectivity index (χ3n) is 3.41. The van der Waals surface area contributed by atoms with Gasteiger partial charge in [-0.15, -0.1) is 0 Å². The van der Waals surface area contributed by atoms with Crippen molar-refractivity contribution in [3.63, 3.8) is 0 Å². The molecular formula is C13H23NO2. The highest BCUT2D eigenvalue weighted by Gasteiger charge is 2.35. The van der Waals surface area contributed by atoms with E-state index in [9.17, 15) is 4.79 Å². The third-order valence-corrected chi connectivity index (χ3v) is 3.41. The lowest BCUT2D eigenvalue weighted by Gasteiger charge is -2.40. The van der Waals surface area contributed by atoms with E-state index in [0.29, 0.717) is 24.3 Å². The number of Topliss-reactive ketones (excluding diaryl/α,β-unsaturated/α-hetero) is 1. The van der Waals surface area contributed by atoms with Crippen LogP contribution in [0.5, 0.6) is 0 Å². The fraction of sp³-hybridized carbons (Fsp3) is 0.923. The number of carbonyl (C=O) groups is 1. The molecule has 2 rings (SSSR count). The van der Waals surface area contributed by atoms with Gasteiger partial charge in [0, 0.05) is 24.4 Å². The molecule has 0 amide bonds. The van der Waals surface area contributed by atoms with Crippen molar-refractivity contribution in [3.05, 3.63) is 0 Å². The summed E-state index contributed by atoms with van der Waals surface area (Å²) >= 11 is 0. The lowest BCUT2D eigenvalue weighted by atomic mass is 9.78. The van der Waals surface area contributed by atoms with Crippen LogP contribution in [-0.2, 0) is 9.53 Å². The van der Waals surface area contributed by atoms with Crippen LogP contribution in [0, 0.1) is 11.3 Å². The van der Waals surface area contributed by atoms with Crippen LogP contribution in [0.3, 0.4) is 0 Å². The molecular weight excluding hydrogens is 202 g/mol. The molecule has 2 atom stereocenters. The summed E-state index contributed by atoms with van der Waals surface area (Å²) in [6.07, 6.45) is 2.63. The summed E-state index contributed by atoms with van der Waals surface area (Å²) in [7, 11) is 0. The quantitative estimate of drug-likeness (QED) is 0.778. The number of piperidine rings is 1. The van der Waals surface area contributed by atoms with Crippen molar-refractivity contribution in [1.82, 2.24) is 5.32 Å². The van der Waals surface area contributed by atoms with E-state index < -0.39 is 0 Å². The zero-order valence-corrected chi connectivity index (χ0v) is 10.6. The van der Waals surface area contributed by atoms with E-state index in [4.69, 9.17) is 4.74 Å². The minimum absolute atomic E-state index is 0.119. The highest BCUT2D eigenvalue weighted by molar-refractivity contribution is 5.81. The molecule has 2 aliphatic rings. The number of carbonyl (C=O) groups excluding carboxylic acids is 1. The number of rotatable bonds is 2. The number of nitrogens with one attached hydrogen (secondary N) is 1. The molecule has 3 nitrogen and oxygen atoms in total. The van der Waals surface area contributed by atoms with Gasteiger partial charge in [-0.3, -0.25) is 4.79 Å². The lowest BCUT2D eigenvalue weighted by molar-refractivity contribution is -0.127. The largest absolute Gasteiger partial charge is 0.378 e. The molecule has 0 aromatic carbocycles. The first-order valence-corrected chi connectivity index (χ1v) is 6.30. The first kappa shape index (κ1) is 12.1. The summed E-state index contributed by atoms with van der Waals surface area (Å²) in [5, 5.41) is 3.52. The van der Waals surface area contributed by atoms with Crippen molar-refractivity contribution in [2.45, 2.75) is 52.1 Å². The Morgan fingerprint density at radius 2 is 1.81 bits per heavy atom. The Morgan fingerprint density at radius 3 is 2.31 bits per heavy atom. The Balaban J connectivity index is 1.92. The van der Waals surface area contributed by atoms with Gasteiger partial charge in [-0.1, -0.05) is 20.8 Å².